The molecule has 3 atom stereocenters. The van der Waals surface area contributed by atoms with Gasteiger partial charge in [-0.1, -0.05) is 27.7 Å². The molecule has 0 bridgehead atoms. The Bertz CT molecular complexity index is 146. The molecule has 0 aromatic heterocycles. The van der Waals surface area contributed by atoms with Gasteiger partial charge in [0.25, 0.3) is 0 Å². The molecule has 0 aromatic rings. The van der Waals surface area contributed by atoms with Crippen molar-refractivity contribution < 1.29 is 5.11 Å². The van der Waals surface area contributed by atoms with Crippen LogP contribution in [0, 0.1) is 17.3 Å². The zero-order valence-electron chi connectivity index (χ0n) is 8.80. The van der Waals surface area contributed by atoms with Gasteiger partial charge in [0, 0.05) is 0 Å². The molecular formula is C11H22O. The second kappa shape index (κ2) is 3.37. The highest BCUT2D eigenvalue weighted by Gasteiger charge is 2.34. The Morgan fingerprint density at radius 3 is 2.17 bits per heavy atom. The molecule has 0 aromatic carbocycles. The topological polar surface area (TPSA) is 20.2 Å². The predicted molar refractivity (Wildman–Crippen MR) is 52.0 cm³/mol. The molecule has 72 valence electrons. The van der Waals surface area contributed by atoms with E-state index in [9.17, 15) is 5.11 Å². The fourth-order valence-corrected chi connectivity index (χ4v) is 2.65. The van der Waals surface area contributed by atoms with Gasteiger partial charge in [-0.15, -0.1) is 0 Å². The molecule has 1 aliphatic rings. The van der Waals surface area contributed by atoms with Gasteiger partial charge in [-0.2, -0.15) is 0 Å². The maximum absolute atomic E-state index is 9.46. The van der Waals surface area contributed by atoms with Gasteiger partial charge in [-0.05, 0) is 36.5 Å². The molecule has 0 heterocycles. The highest BCUT2D eigenvalue weighted by molar-refractivity contribution is 4.84. The lowest BCUT2D eigenvalue weighted by atomic mass is 9.66. The largest absolute Gasteiger partial charge is 0.393 e. The maximum Gasteiger partial charge on any atom is 0.0543 e. The molecule has 1 rings (SSSR count). The molecule has 0 spiro atoms. The van der Waals surface area contributed by atoms with E-state index in [1.807, 2.05) is 0 Å². The van der Waals surface area contributed by atoms with Crippen LogP contribution >= 0.6 is 0 Å². The molecule has 1 aliphatic carbocycles. The molecule has 1 fully saturated rings. The molecule has 3 unspecified atom stereocenters. The fourth-order valence-electron chi connectivity index (χ4n) is 2.65. The first-order chi connectivity index (χ1) is 5.41. The average molecular weight is 170 g/mol. The monoisotopic (exact) mass is 170 g/mol. The van der Waals surface area contributed by atoms with Gasteiger partial charge in [0.05, 0.1) is 6.10 Å². The van der Waals surface area contributed by atoms with Crippen LogP contribution in [-0.2, 0) is 0 Å². The van der Waals surface area contributed by atoms with E-state index >= 15 is 0 Å². The van der Waals surface area contributed by atoms with E-state index in [-0.39, 0.29) is 6.10 Å². The highest BCUT2D eigenvalue weighted by atomic mass is 16.3. The van der Waals surface area contributed by atoms with E-state index in [0.29, 0.717) is 11.3 Å². The van der Waals surface area contributed by atoms with Crippen molar-refractivity contribution >= 4 is 0 Å². The number of aliphatic hydroxyl groups is 1. The van der Waals surface area contributed by atoms with Crippen LogP contribution in [-0.4, -0.2) is 11.2 Å². The predicted octanol–water partition coefficient (Wildman–Crippen LogP) is 2.83. The van der Waals surface area contributed by atoms with Crippen LogP contribution in [0.4, 0.5) is 0 Å². The second-order valence-electron chi connectivity index (χ2n) is 5.42. The summed E-state index contributed by atoms with van der Waals surface area (Å²) in [4.78, 5) is 0. The van der Waals surface area contributed by atoms with E-state index in [2.05, 4.69) is 27.7 Å². The first kappa shape index (κ1) is 10.0. The molecule has 0 saturated heterocycles. The lowest BCUT2D eigenvalue weighted by Crippen LogP contribution is -2.34. The second-order valence-corrected chi connectivity index (χ2v) is 5.42. The molecule has 1 nitrogen and oxygen atoms in total. The third-order valence-corrected chi connectivity index (χ3v) is 3.25. The van der Waals surface area contributed by atoms with Crippen LogP contribution in [0.2, 0.25) is 0 Å². The van der Waals surface area contributed by atoms with Crippen LogP contribution < -0.4 is 0 Å². The molecule has 0 radical (unpaired) electrons. The van der Waals surface area contributed by atoms with Crippen molar-refractivity contribution in [2.75, 3.05) is 0 Å². The summed E-state index contributed by atoms with van der Waals surface area (Å²) in [5.41, 5.74) is 0.416. The lowest BCUT2D eigenvalue weighted by Gasteiger charge is -2.40. The Labute approximate surface area is 76.2 Å². The normalized spacial score (nSPS) is 38.2. The van der Waals surface area contributed by atoms with Crippen LogP contribution in [0.1, 0.15) is 47.0 Å². The van der Waals surface area contributed by atoms with Gasteiger partial charge in [-0.3, -0.25) is 0 Å². The maximum atomic E-state index is 9.46. The van der Waals surface area contributed by atoms with E-state index in [1.54, 1.807) is 0 Å². The fraction of sp³-hybridized carbons (Fsp3) is 1.00. The van der Waals surface area contributed by atoms with Gasteiger partial charge in [-0.25, -0.2) is 0 Å². The highest BCUT2D eigenvalue weighted by Crippen LogP contribution is 2.41. The lowest BCUT2D eigenvalue weighted by molar-refractivity contribution is 0.0322. The Balaban J connectivity index is 2.57. The summed E-state index contributed by atoms with van der Waals surface area (Å²) in [6.45, 7) is 9.21. The van der Waals surface area contributed by atoms with Crippen molar-refractivity contribution in [3.05, 3.63) is 0 Å². The smallest absolute Gasteiger partial charge is 0.0543 e. The summed E-state index contributed by atoms with van der Waals surface area (Å²) in [6.07, 6.45) is 3.18. The summed E-state index contributed by atoms with van der Waals surface area (Å²) >= 11 is 0. The van der Waals surface area contributed by atoms with Crippen LogP contribution in [0.3, 0.4) is 0 Å². The summed E-state index contributed by atoms with van der Waals surface area (Å²) in [7, 11) is 0. The number of hydrogen-bond acceptors (Lipinski definition) is 1. The van der Waals surface area contributed by atoms with E-state index in [0.717, 1.165) is 18.8 Å². The first-order valence-electron chi connectivity index (χ1n) is 5.09. The Morgan fingerprint density at radius 2 is 1.75 bits per heavy atom. The molecule has 0 amide bonds. The van der Waals surface area contributed by atoms with Gasteiger partial charge in [0.2, 0.25) is 0 Å². The quantitative estimate of drug-likeness (QED) is 0.592. The SMILES string of the molecule is CC1CC(O)CCC1C(C)(C)C. The Hall–Kier alpha value is -0.0400. The van der Waals surface area contributed by atoms with E-state index in [4.69, 9.17) is 0 Å². The third-order valence-electron chi connectivity index (χ3n) is 3.25. The van der Waals surface area contributed by atoms with Gasteiger partial charge < -0.3 is 5.11 Å². The number of rotatable bonds is 0. The summed E-state index contributed by atoms with van der Waals surface area (Å²) in [5.74, 6) is 1.48. The minimum Gasteiger partial charge on any atom is -0.393 e. The van der Waals surface area contributed by atoms with Gasteiger partial charge >= 0.3 is 0 Å². The van der Waals surface area contributed by atoms with Crippen molar-refractivity contribution in [3.8, 4) is 0 Å². The molecule has 1 saturated carbocycles. The summed E-state index contributed by atoms with van der Waals surface area (Å²) in [5, 5.41) is 9.46. The van der Waals surface area contributed by atoms with Gasteiger partial charge in [0.1, 0.15) is 0 Å². The summed E-state index contributed by atoms with van der Waals surface area (Å²) < 4.78 is 0. The van der Waals surface area contributed by atoms with Crippen molar-refractivity contribution in [2.45, 2.75) is 53.1 Å². The minimum absolute atomic E-state index is 0.0291. The van der Waals surface area contributed by atoms with Gasteiger partial charge in [0.15, 0.2) is 0 Å². The van der Waals surface area contributed by atoms with Crippen molar-refractivity contribution in [1.82, 2.24) is 0 Å². The van der Waals surface area contributed by atoms with Crippen LogP contribution in [0.25, 0.3) is 0 Å². The molecular weight excluding hydrogens is 148 g/mol. The van der Waals surface area contributed by atoms with Crippen LogP contribution in [0.15, 0.2) is 0 Å². The Kier molecular flexibility index (Phi) is 2.82. The van der Waals surface area contributed by atoms with Crippen molar-refractivity contribution in [1.29, 1.82) is 0 Å². The standard InChI is InChI=1S/C11H22O/c1-8-7-9(12)5-6-10(8)11(2,3)4/h8-10,12H,5-7H2,1-4H3. The first-order valence-corrected chi connectivity index (χ1v) is 5.09. The molecule has 0 aliphatic heterocycles. The van der Waals surface area contributed by atoms with Crippen molar-refractivity contribution in [2.24, 2.45) is 17.3 Å². The molecule has 1 N–H and O–H groups in total. The van der Waals surface area contributed by atoms with Crippen molar-refractivity contribution in [3.63, 3.8) is 0 Å². The Morgan fingerprint density at radius 1 is 1.17 bits per heavy atom. The molecule has 1 heteroatoms. The third kappa shape index (κ3) is 2.22. The summed E-state index contributed by atoms with van der Waals surface area (Å²) in [6, 6.07) is 0. The van der Waals surface area contributed by atoms with Crippen LogP contribution in [0.5, 0.6) is 0 Å². The number of hydrogen-bond donors (Lipinski definition) is 1. The van der Waals surface area contributed by atoms with E-state index in [1.165, 1.54) is 6.42 Å². The zero-order valence-corrected chi connectivity index (χ0v) is 8.80. The molecule has 12 heavy (non-hydrogen) atoms. The number of aliphatic hydroxyl groups excluding tert-OH is 1. The average Bonchev–Trinajstić information content (AvgIpc) is 1.83. The van der Waals surface area contributed by atoms with E-state index < -0.39 is 0 Å². The minimum atomic E-state index is -0.0291. The zero-order chi connectivity index (χ0) is 9.35.